The molecule has 28 heavy (non-hydrogen) atoms. The van der Waals surface area contributed by atoms with Crippen molar-refractivity contribution in [3.63, 3.8) is 0 Å². The average molecular weight is 425 g/mol. The predicted octanol–water partition coefficient (Wildman–Crippen LogP) is 3.35. The summed E-state index contributed by atoms with van der Waals surface area (Å²) in [4.78, 5) is 13.1. The molecule has 1 amide bonds. The van der Waals surface area contributed by atoms with Gasteiger partial charge in [-0.05, 0) is 37.1 Å². The topological polar surface area (TPSA) is 75.3 Å². The summed E-state index contributed by atoms with van der Waals surface area (Å²) >= 11 is 1.60. The molecule has 0 saturated carbocycles. The molecule has 0 unspecified atom stereocenters. The summed E-state index contributed by atoms with van der Waals surface area (Å²) in [7, 11) is -4.15. The highest BCUT2D eigenvalue weighted by molar-refractivity contribution is 7.99. The maximum Gasteiger partial charge on any atom is 0.244 e. The number of hydrogen-bond acceptors (Lipinski definition) is 4. The normalized spacial score (nSPS) is 12.8. The fourth-order valence-corrected chi connectivity index (χ4v) is 4.66. The summed E-state index contributed by atoms with van der Waals surface area (Å²) in [5.74, 6) is -0.933. The Bertz CT molecular complexity index is 900. The Morgan fingerprint density at radius 2 is 1.75 bits per heavy atom. The first-order valence-corrected chi connectivity index (χ1v) is 11.4. The molecule has 2 aromatic rings. The third-order valence-corrected chi connectivity index (χ3v) is 6.54. The average Bonchev–Trinajstić information content (AvgIpc) is 2.64. The van der Waals surface area contributed by atoms with Gasteiger partial charge in [0, 0.05) is 17.2 Å². The highest BCUT2D eigenvalue weighted by Gasteiger charge is 2.29. The van der Waals surface area contributed by atoms with Crippen molar-refractivity contribution in [1.29, 1.82) is 0 Å². The molecule has 0 radical (unpaired) electrons. The number of nitrogens with one attached hydrogen (secondary N) is 2. The molecular weight excluding hydrogens is 399 g/mol. The minimum atomic E-state index is -4.15. The van der Waals surface area contributed by atoms with E-state index in [4.69, 9.17) is 0 Å². The molecule has 0 aliphatic rings. The van der Waals surface area contributed by atoms with Crippen molar-refractivity contribution in [3.05, 3.63) is 59.9 Å². The number of benzene rings is 2. The Balaban J connectivity index is 1.94. The van der Waals surface area contributed by atoms with Gasteiger partial charge >= 0.3 is 0 Å². The van der Waals surface area contributed by atoms with Gasteiger partial charge in [-0.2, -0.15) is 4.72 Å². The van der Waals surface area contributed by atoms with Gasteiger partial charge in [0.15, 0.2) is 0 Å². The van der Waals surface area contributed by atoms with Gasteiger partial charge in [-0.3, -0.25) is 4.79 Å². The highest BCUT2D eigenvalue weighted by Crippen LogP contribution is 2.18. The molecule has 0 saturated heterocycles. The number of hydrogen-bond donors (Lipinski definition) is 2. The Labute approximate surface area is 170 Å². The number of amides is 1. The fourth-order valence-electron chi connectivity index (χ4n) is 2.47. The van der Waals surface area contributed by atoms with Crippen LogP contribution in [0.2, 0.25) is 0 Å². The number of carbonyl (C=O) groups is 1. The molecular formula is C20H25FN2O3S2. The summed E-state index contributed by atoms with van der Waals surface area (Å²) in [6, 6.07) is 12.2. The lowest BCUT2D eigenvalue weighted by Gasteiger charge is -2.21. The molecule has 0 spiro atoms. The summed E-state index contributed by atoms with van der Waals surface area (Å²) < 4.78 is 41.1. The number of halogens is 1. The lowest BCUT2D eigenvalue weighted by Crippen LogP contribution is -2.50. The first-order chi connectivity index (χ1) is 13.2. The Kier molecular flexibility index (Phi) is 8.03. The lowest BCUT2D eigenvalue weighted by molar-refractivity contribution is -0.123. The number of thioether (sulfide) groups is 1. The molecule has 0 heterocycles. The van der Waals surface area contributed by atoms with E-state index in [-0.39, 0.29) is 5.92 Å². The van der Waals surface area contributed by atoms with Crippen molar-refractivity contribution in [2.75, 3.05) is 12.3 Å². The number of rotatable bonds is 9. The second-order valence-corrected chi connectivity index (χ2v) is 9.58. The first kappa shape index (κ1) is 22.4. The van der Waals surface area contributed by atoms with Crippen LogP contribution >= 0.6 is 11.8 Å². The molecule has 2 aromatic carbocycles. The van der Waals surface area contributed by atoms with Crippen molar-refractivity contribution in [2.45, 2.75) is 36.6 Å². The van der Waals surface area contributed by atoms with Gasteiger partial charge in [-0.25, -0.2) is 12.8 Å². The molecule has 8 heteroatoms. The van der Waals surface area contributed by atoms with Crippen LogP contribution in [0.25, 0.3) is 0 Å². The molecule has 5 nitrogen and oxygen atoms in total. The zero-order valence-electron chi connectivity index (χ0n) is 16.1. The van der Waals surface area contributed by atoms with Crippen LogP contribution in [0.15, 0.2) is 58.3 Å². The van der Waals surface area contributed by atoms with E-state index in [1.165, 1.54) is 23.8 Å². The van der Waals surface area contributed by atoms with Crippen LogP contribution in [0.1, 0.15) is 19.4 Å². The van der Waals surface area contributed by atoms with E-state index in [0.717, 1.165) is 11.0 Å². The molecule has 0 aromatic heterocycles. The van der Waals surface area contributed by atoms with Crippen molar-refractivity contribution in [3.8, 4) is 0 Å². The van der Waals surface area contributed by atoms with E-state index in [1.807, 2.05) is 31.2 Å². The second kappa shape index (κ2) is 10.0. The SMILES string of the molecule is Cc1ccc(SCCNC(=O)[C@@H](NS(=O)(=O)c2ccccc2F)C(C)C)cc1. The van der Waals surface area contributed by atoms with Gasteiger partial charge in [0.1, 0.15) is 16.8 Å². The minimum absolute atomic E-state index is 0.300. The number of sulfonamides is 1. The molecule has 1 atom stereocenters. The highest BCUT2D eigenvalue weighted by atomic mass is 32.2. The van der Waals surface area contributed by atoms with E-state index in [2.05, 4.69) is 10.0 Å². The molecule has 2 rings (SSSR count). The molecule has 0 aliphatic carbocycles. The van der Waals surface area contributed by atoms with Crippen molar-refractivity contribution in [2.24, 2.45) is 5.92 Å². The quantitative estimate of drug-likeness (QED) is 0.478. The van der Waals surface area contributed by atoms with E-state index >= 15 is 0 Å². The van der Waals surface area contributed by atoms with Crippen LogP contribution in [-0.4, -0.2) is 32.7 Å². The maximum absolute atomic E-state index is 13.8. The van der Waals surface area contributed by atoms with E-state index in [9.17, 15) is 17.6 Å². The molecule has 0 fully saturated rings. The maximum atomic E-state index is 13.8. The van der Waals surface area contributed by atoms with Crippen LogP contribution < -0.4 is 10.0 Å². The van der Waals surface area contributed by atoms with Gasteiger partial charge in [-0.15, -0.1) is 11.8 Å². The Hall–Kier alpha value is -1.90. The molecule has 152 valence electrons. The lowest BCUT2D eigenvalue weighted by atomic mass is 10.1. The van der Waals surface area contributed by atoms with E-state index in [1.54, 1.807) is 25.6 Å². The first-order valence-electron chi connectivity index (χ1n) is 8.95. The third-order valence-electron chi connectivity index (χ3n) is 4.05. The zero-order valence-corrected chi connectivity index (χ0v) is 17.7. The largest absolute Gasteiger partial charge is 0.354 e. The predicted molar refractivity (Wildman–Crippen MR) is 110 cm³/mol. The van der Waals surface area contributed by atoms with Gasteiger partial charge in [0.25, 0.3) is 0 Å². The van der Waals surface area contributed by atoms with Gasteiger partial charge in [0.2, 0.25) is 15.9 Å². The Morgan fingerprint density at radius 3 is 2.36 bits per heavy atom. The monoisotopic (exact) mass is 424 g/mol. The van der Waals surface area contributed by atoms with Crippen LogP contribution in [-0.2, 0) is 14.8 Å². The molecule has 0 aliphatic heterocycles. The summed E-state index contributed by atoms with van der Waals surface area (Å²) in [5, 5.41) is 2.75. The van der Waals surface area contributed by atoms with E-state index < -0.39 is 32.7 Å². The zero-order chi connectivity index (χ0) is 20.7. The molecule has 2 N–H and O–H groups in total. The van der Waals surface area contributed by atoms with Gasteiger partial charge < -0.3 is 5.32 Å². The van der Waals surface area contributed by atoms with Gasteiger partial charge in [-0.1, -0.05) is 43.7 Å². The summed E-state index contributed by atoms with van der Waals surface area (Å²) in [6.07, 6.45) is 0. The van der Waals surface area contributed by atoms with Crippen molar-refractivity contribution >= 4 is 27.7 Å². The van der Waals surface area contributed by atoms with Crippen LogP contribution in [0.4, 0.5) is 4.39 Å². The van der Waals surface area contributed by atoms with E-state index in [0.29, 0.717) is 12.3 Å². The summed E-state index contributed by atoms with van der Waals surface area (Å²) in [6.45, 7) is 5.87. The fraction of sp³-hybridized carbons (Fsp3) is 0.350. The van der Waals surface area contributed by atoms with Crippen molar-refractivity contribution in [1.82, 2.24) is 10.0 Å². The summed E-state index contributed by atoms with van der Waals surface area (Å²) in [5.41, 5.74) is 1.18. The Morgan fingerprint density at radius 1 is 1.11 bits per heavy atom. The van der Waals surface area contributed by atoms with Crippen LogP contribution in [0.3, 0.4) is 0 Å². The van der Waals surface area contributed by atoms with Crippen LogP contribution in [0, 0.1) is 18.7 Å². The standard InChI is InChI=1S/C20H25FN2O3S2/c1-14(2)19(23-28(25,26)18-7-5-4-6-17(18)21)20(24)22-12-13-27-16-10-8-15(3)9-11-16/h4-11,14,19,23H,12-13H2,1-3H3,(H,22,24)/t19-/m0/s1. The molecule has 0 bridgehead atoms. The second-order valence-electron chi connectivity index (χ2n) is 6.73. The van der Waals surface area contributed by atoms with Crippen LogP contribution in [0.5, 0.6) is 0 Å². The smallest absolute Gasteiger partial charge is 0.244 e. The third kappa shape index (κ3) is 6.32. The minimum Gasteiger partial charge on any atom is -0.354 e. The number of carbonyl (C=O) groups excluding carboxylic acids is 1. The van der Waals surface area contributed by atoms with Crippen molar-refractivity contribution < 1.29 is 17.6 Å². The van der Waals surface area contributed by atoms with Gasteiger partial charge in [0.05, 0.1) is 0 Å². The number of aryl methyl sites for hydroxylation is 1.